The molecular formula is C7H4BrClN2OS. The first-order valence-electron chi connectivity index (χ1n) is 3.41. The zero-order chi connectivity index (χ0) is 9.26. The molecule has 2 aromatic heterocycles. The Bertz CT molecular complexity index is 414. The second kappa shape index (κ2) is 3.77. The van der Waals surface area contributed by atoms with Gasteiger partial charge < -0.3 is 4.42 Å². The molecule has 2 aromatic rings. The van der Waals surface area contributed by atoms with Crippen LogP contribution in [0.1, 0.15) is 5.89 Å². The minimum absolute atomic E-state index is 0.280. The minimum atomic E-state index is 0.280. The third-order valence-corrected chi connectivity index (χ3v) is 3.20. The van der Waals surface area contributed by atoms with Crippen LogP contribution >= 0.6 is 38.9 Å². The molecule has 0 atom stereocenters. The molecule has 2 heterocycles. The Kier molecular flexibility index (Phi) is 2.66. The highest BCUT2D eigenvalue weighted by atomic mass is 79.9. The zero-order valence-corrected chi connectivity index (χ0v) is 9.49. The standard InChI is InChI=1S/C7H4BrClN2OS/c8-7-6(11-3-13-7)4-2-10-5(1-9)12-4/h2-3H,1H2. The van der Waals surface area contributed by atoms with Crippen LogP contribution in [0.4, 0.5) is 0 Å². The Morgan fingerprint density at radius 3 is 2.92 bits per heavy atom. The van der Waals surface area contributed by atoms with Crippen molar-refractivity contribution < 1.29 is 4.42 Å². The highest BCUT2D eigenvalue weighted by Gasteiger charge is 2.11. The van der Waals surface area contributed by atoms with Gasteiger partial charge in [-0.05, 0) is 15.9 Å². The molecule has 0 bridgehead atoms. The molecule has 0 aromatic carbocycles. The van der Waals surface area contributed by atoms with Crippen molar-refractivity contribution in [2.45, 2.75) is 5.88 Å². The molecule has 0 fully saturated rings. The largest absolute Gasteiger partial charge is 0.438 e. The lowest BCUT2D eigenvalue weighted by Crippen LogP contribution is -1.73. The molecule has 0 aliphatic carbocycles. The summed E-state index contributed by atoms with van der Waals surface area (Å²) < 4.78 is 6.26. The third kappa shape index (κ3) is 1.77. The van der Waals surface area contributed by atoms with Gasteiger partial charge in [0.1, 0.15) is 9.48 Å². The lowest BCUT2D eigenvalue weighted by molar-refractivity contribution is 0.527. The van der Waals surface area contributed by atoms with Crippen LogP contribution in [0.3, 0.4) is 0 Å². The van der Waals surface area contributed by atoms with Crippen molar-refractivity contribution in [2.75, 3.05) is 0 Å². The van der Waals surface area contributed by atoms with E-state index in [0.717, 1.165) is 9.48 Å². The summed E-state index contributed by atoms with van der Waals surface area (Å²) in [5.74, 6) is 1.43. The van der Waals surface area contributed by atoms with E-state index in [1.807, 2.05) is 0 Å². The number of hydrogen-bond acceptors (Lipinski definition) is 4. The summed E-state index contributed by atoms with van der Waals surface area (Å²) in [6.45, 7) is 0. The summed E-state index contributed by atoms with van der Waals surface area (Å²) in [6.07, 6.45) is 1.62. The van der Waals surface area contributed by atoms with Crippen molar-refractivity contribution in [1.82, 2.24) is 9.97 Å². The number of nitrogens with zero attached hydrogens (tertiary/aromatic N) is 2. The third-order valence-electron chi connectivity index (χ3n) is 1.43. The summed E-state index contributed by atoms with van der Waals surface area (Å²) in [5, 5.41) is 0. The van der Waals surface area contributed by atoms with E-state index in [-0.39, 0.29) is 5.88 Å². The molecule has 0 spiro atoms. The van der Waals surface area contributed by atoms with E-state index >= 15 is 0 Å². The van der Waals surface area contributed by atoms with Crippen LogP contribution in [0.5, 0.6) is 0 Å². The predicted molar refractivity (Wildman–Crippen MR) is 54.9 cm³/mol. The van der Waals surface area contributed by atoms with E-state index in [2.05, 4.69) is 25.9 Å². The zero-order valence-electron chi connectivity index (χ0n) is 6.33. The Labute approximate surface area is 91.9 Å². The van der Waals surface area contributed by atoms with Gasteiger partial charge in [-0.15, -0.1) is 22.9 Å². The molecule has 2 rings (SSSR count). The topological polar surface area (TPSA) is 38.9 Å². The molecule has 3 nitrogen and oxygen atoms in total. The van der Waals surface area contributed by atoms with E-state index in [1.165, 1.54) is 11.3 Å². The average Bonchev–Trinajstić information content (AvgIpc) is 2.71. The van der Waals surface area contributed by atoms with Gasteiger partial charge in [0, 0.05) is 0 Å². The molecular weight excluding hydrogens is 276 g/mol. The molecule has 68 valence electrons. The van der Waals surface area contributed by atoms with Gasteiger partial charge in [-0.25, -0.2) is 9.97 Å². The molecule has 0 aliphatic rings. The van der Waals surface area contributed by atoms with Crippen LogP contribution in [-0.2, 0) is 5.88 Å². The molecule has 0 unspecified atom stereocenters. The monoisotopic (exact) mass is 278 g/mol. The number of thiazole rings is 1. The van der Waals surface area contributed by atoms with Gasteiger partial charge in [0.05, 0.1) is 17.6 Å². The Hall–Kier alpha value is -0.390. The van der Waals surface area contributed by atoms with Crippen LogP contribution in [0, 0.1) is 0 Å². The second-order valence-corrected chi connectivity index (χ2v) is 4.67. The first-order valence-corrected chi connectivity index (χ1v) is 5.62. The van der Waals surface area contributed by atoms with Gasteiger partial charge in [0.2, 0.25) is 5.89 Å². The van der Waals surface area contributed by atoms with Crippen molar-refractivity contribution in [3.63, 3.8) is 0 Å². The lowest BCUT2D eigenvalue weighted by Gasteiger charge is -1.88. The van der Waals surface area contributed by atoms with Crippen LogP contribution in [0.2, 0.25) is 0 Å². The number of aromatic nitrogens is 2. The van der Waals surface area contributed by atoms with Crippen molar-refractivity contribution >= 4 is 38.9 Å². The fourth-order valence-electron chi connectivity index (χ4n) is 0.874. The van der Waals surface area contributed by atoms with Gasteiger partial charge in [-0.2, -0.15) is 0 Å². The molecule has 0 N–H and O–H groups in total. The van der Waals surface area contributed by atoms with Crippen LogP contribution in [-0.4, -0.2) is 9.97 Å². The molecule has 0 radical (unpaired) electrons. The van der Waals surface area contributed by atoms with Crippen molar-refractivity contribution in [2.24, 2.45) is 0 Å². The Balaban J connectivity index is 2.41. The normalized spacial score (nSPS) is 10.6. The maximum Gasteiger partial charge on any atom is 0.209 e. The highest BCUT2D eigenvalue weighted by Crippen LogP contribution is 2.30. The Morgan fingerprint density at radius 2 is 2.38 bits per heavy atom. The second-order valence-electron chi connectivity index (χ2n) is 2.23. The summed E-state index contributed by atoms with van der Waals surface area (Å²) in [6, 6.07) is 0. The average molecular weight is 280 g/mol. The highest BCUT2D eigenvalue weighted by molar-refractivity contribution is 9.11. The first-order chi connectivity index (χ1) is 6.31. The molecule has 0 aliphatic heterocycles. The molecule has 0 saturated carbocycles. The summed E-state index contributed by atoms with van der Waals surface area (Å²) in [5.41, 5.74) is 2.51. The summed E-state index contributed by atoms with van der Waals surface area (Å²) in [4.78, 5) is 8.11. The Morgan fingerprint density at radius 1 is 1.54 bits per heavy atom. The quantitative estimate of drug-likeness (QED) is 0.792. The van der Waals surface area contributed by atoms with E-state index in [1.54, 1.807) is 11.7 Å². The van der Waals surface area contributed by atoms with Gasteiger partial charge in [-0.3, -0.25) is 0 Å². The van der Waals surface area contributed by atoms with E-state index in [0.29, 0.717) is 11.7 Å². The number of rotatable bonds is 2. The van der Waals surface area contributed by atoms with Crippen molar-refractivity contribution in [3.05, 3.63) is 21.4 Å². The molecule has 13 heavy (non-hydrogen) atoms. The lowest BCUT2D eigenvalue weighted by atomic mass is 10.4. The van der Waals surface area contributed by atoms with Crippen molar-refractivity contribution in [3.8, 4) is 11.5 Å². The fourth-order valence-corrected chi connectivity index (χ4v) is 2.06. The molecule has 6 heteroatoms. The maximum absolute atomic E-state index is 5.56. The maximum atomic E-state index is 5.56. The predicted octanol–water partition coefficient (Wildman–Crippen LogP) is 3.30. The molecule has 0 amide bonds. The van der Waals surface area contributed by atoms with Gasteiger partial charge in [0.15, 0.2) is 5.76 Å². The fraction of sp³-hybridized carbons (Fsp3) is 0.143. The first kappa shape index (κ1) is 9.18. The number of hydrogen-bond donors (Lipinski definition) is 0. The van der Waals surface area contributed by atoms with Gasteiger partial charge >= 0.3 is 0 Å². The number of oxazole rings is 1. The number of halogens is 2. The van der Waals surface area contributed by atoms with Crippen LogP contribution in [0.15, 0.2) is 19.9 Å². The van der Waals surface area contributed by atoms with E-state index < -0.39 is 0 Å². The van der Waals surface area contributed by atoms with Gasteiger partial charge in [0.25, 0.3) is 0 Å². The number of alkyl halides is 1. The van der Waals surface area contributed by atoms with Crippen LogP contribution < -0.4 is 0 Å². The van der Waals surface area contributed by atoms with E-state index in [9.17, 15) is 0 Å². The smallest absolute Gasteiger partial charge is 0.209 e. The SMILES string of the molecule is ClCc1ncc(-c2ncsc2Br)o1. The van der Waals surface area contributed by atoms with Gasteiger partial charge in [-0.1, -0.05) is 0 Å². The summed E-state index contributed by atoms with van der Waals surface area (Å²) in [7, 11) is 0. The summed E-state index contributed by atoms with van der Waals surface area (Å²) >= 11 is 10.4. The van der Waals surface area contributed by atoms with Crippen molar-refractivity contribution in [1.29, 1.82) is 0 Å². The van der Waals surface area contributed by atoms with Crippen LogP contribution in [0.25, 0.3) is 11.5 Å². The molecule has 0 saturated heterocycles. The van der Waals surface area contributed by atoms with E-state index in [4.69, 9.17) is 16.0 Å². The minimum Gasteiger partial charge on any atom is -0.438 e.